The highest BCUT2D eigenvalue weighted by Gasteiger charge is 2.42. The molecule has 110 valence electrons. The fraction of sp³-hybridized carbons (Fsp3) is 0.938. The molecule has 0 spiro atoms. The molecule has 1 amide bonds. The van der Waals surface area contributed by atoms with Gasteiger partial charge in [-0.05, 0) is 38.0 Å². The Morgan fingerprint density at radius 1 is 1.21 bits per heavy atom. The highest BCUT2D eigenvalue weighted by molar-refractivity contribution is 5.84. The van der Waals surface area contributed by atoms with Gasteiger partial charge in [0, 0.05) is 6.04 Å². The Bertz CT molecular complexity index is 316. The third-order valence-corrected chi connectivity index (χ3v) is 4.77. The SMILES string of the molecule is CC(C)CC1NC(C)C(=O)N1C1CCCCCC1C. The van der Waals surface area contributed by atoms with E-state index in [1.54, 1.807) is 0 Å². The first kappa shape index (κ1) is 14.8. The van der Waals surface area contributed by atoms with E-state index >= 15 is 0 Å². The minimum Gasteiger partial charge on any atom is -0.323 e. The van der Waals surface area contributed by atoms with Crippen LogP contribution in [0.15, 0.2) is 0 Å². The van der Waals surface area contributed by atoms with E-state index in [1.807, 2.05) is 6.92 Å². The van der Waals surface area contributed by atoms with Crippen LogP contribution in [-0.2, 0) is 4.79 Å². The lowest BCUT2D eigenvalue weighted by Gasteiger charge is -2.36. The number of nitrogens with one attached hydrogen (secondary N) is 1. The van der Waals surface area contributed by atoms with Crippen molar-refractivity contribution in [1.82, 2.24) is 10.2 Å². The number of hydrogen-bond donors (Lipinski definition) is 1. The van der Waals surface area contributed by atoms with Gasteiger partial charge in [0.25, 0.3) is 0 Å². The van der Waals surface area contributed by atoms with Gasteiger partial charge in [-0.1, -0.05) is 40.0 Å². The van der Waals surface area contributed by atoms with Crippen molar-refractivity contribution < 1.29 is 4.79 Å². The summed E-state index contributed by atoms with van der Waals surface area (Å²) in [5.74, 6) is 1.59. The molecule has 1 aliphatic heterocycles. The van der Waals surface area contributed by atoms with Crippen LogP contribution in [0.2, 0.25) is 0 Å². The molecule has 0 aromatic carbocycles. The Labute approximate surface area is 118 Å². The average molecular weight is 266 g/mol. The molecule has 2 aliphatic rings. The maximum absolute atomic E-state index is 12.5. The van der Waals surface area contributed by atoms with Crippen LogP contribution in [0.25, 0.3) is 0 Å². The normalized spacial score (nSPS) is 36.9. The molecule has 0 aromatic heterocycles. The van der Waals surface area contributed by atoms with Crippen molar-refractivity contribution in [3.8, 4) is 0 Å². The third-order valence-electron chi connectivity index (χ3n) is 4.77. The van der Waals surface area contributed by atoms with Crippen LogP contribution in [-0.4, -0.2) is 29.1 Å². The minimum atomic E-state index is -0.000738. The first-order valence-corrected chi connectivity index (χ1v) is 8.09. The van der Waals surface area contributed by atoms with E-state index in [-0.39, 0.29) is 12.2 Å². The van der Waals surface area contributed by atoms with Gasteiger partial charge >= 0.3 is 0 Å². The molecule has 1 saturated carbocycles. The first-order valence-electron chi connectivity index (χ1n) is 8.09. The predicted molar refractivity (Wildman–Crippen MR) is 78.7 cm³/mol. The van der Waals surface area contributed by atoms with Crippen LogP contribution >= 0.6 is 0 Å². The zero-order chi connectivity index (χ0) is 14.0. The predicted octanol–water partition coefficient (Wildman–Crippen LogP) is 3.15. The number of amides is 1. The second kappa shape index (κ2) is 6.25. The average Bonchev–Trinajstić information content (AvgIpc) is 2.52. The van der Waals surface area contributed by atoms with Crippen LogP contribution in [0.4, 0.5) is 0 Å². The number of carbonyl (C=O) groups excluding carboxylic acids is 1. The third kappa shape index (κ3) is 3.31. The Hall–Kier alpha value is -0.570. The molecule has 1 aliphatic carbocycles. The number of rotatable bonds is 3. The molecular formula is C16H30N2O. The Morgan fingerprint density at radius 3 is 2.58 bits per heavy atom. The largest absolute Gasteiger partial charge is 0.323 e. The molecule has 1 N–H and O–H groups in total. The lowest BCUT2D eigenvalue weighted by Crippen LogP contribution is -2.47. The fourth-order valence-corrected chi connectivity index (χ4v) is 3.73. The van der Waals surface area contributed by atoms with Gasteiger partial charge in [-0.3, -0.25) is 10.1 Å². The fourth-order valence-electron chi connectivity index (χ4n) is 3.73. The maximum Gasteiger partial charge on any atom is 0.240 e. The van der Waals surface area contributed by atoms with Crippen LogP contribution in [0.1, 0.15) is 66.2 Å². The number of hydrogen-bond acceptors (Lipinski definition) is 2. The smallest absolute Gasteiger partial charge is 0.240 e. The lowest BCUT2D eigenvalue weighted by molar-refractivity contribution is -0.133. The molecule has 4 unspecified atom stereocenters. The zero-order valence-electron chi connectivity index (χ0n) is 13.0. The molecule has 1 heterocycles. The second-order valence-corrected chi connectivity index (χ2v) is 6.96. The van der Waals surface area contributed by atoms with E-state index in [9.17, 15) is 4.79 Å². The molecule has 0 radical (unpaired) electrons. The zero-order valence-corrected chi connectivity index (χ0v) is 13.0. The maximum atomic E-state index is 12.5. The van der Waals surface area contributed by atoms with Crippen molar-refractivity contribution in [3.63, 3.8) is 0 Å². The second-order valence-electron chi connectivity index (χ2n) is 6.96. The van der Waals surface area contributed by atoms with Gasteiger partial charge in [-0.15, -0.1) is 0 Å². The molecule has 0 bridgehead atoms. The summed E-state index contributed by atoms with van der Waals surface area (Å²) in [4.78, 5) is 14.7. The lowest BCUT2D eigenvalue weighted by atomic mass is 9.94. The topological polar surface area (TPSA) is 32.3 Å². The highest BCUT2D eigenvalue weighted by atomic mass is 16.2. The molecule has 4 atom stereocenters. The highest BCUT2D eigenvalue weighted by Crippen LogP contribution is 2.31. The molecule has 2 fully saturated rings. The minimum absolute atomic E-state index is 0.000738. The van der Waals surface area contributed by atoms with Crippen molar-refractivity contribution in [2.75, 3.05) is 0 Å². The summed E-state index contributed by atoms with van der Waals surface area (Å²) in [6.45, 7) is 8.82. The summed E-state index contributed by atoms with van der Waals surface area (Å²) in [5, 5.41) is 3.50. The van der Waals surface area contributed by atoms with Crippen molar-refractivity contribution in [2.45, 2.75) is 84.5 Å². The standard InChI is InChI=1S/C16H30N2O/c1-11(2)10-15-17-13(4)16(19)18(15)14-9-7-5-6-8-12(14)3/h11-15,17H,5-10H2,1-4H3. The van der Waals surface area contributed by atoms with Gasteiger partial charge in [0.1, 0.15) is 0 Å². The van der Waals surface area contributed by atoms with Gasteiger partial charge < -0.3 is 4.90 Å². The Kier molecular flexibility index (Phi) is 4.88. The van der Waals surface area contributed by atoms with Crippen molar-refractivity contribution >= 4 is 5.91 Å². The van der Waals surface area contributed by atoms with E-state index < -0.39 is 0 Å². The molecule has 3 heteroatoms. The quantitative estimate of drug-likeness (QED) is 0.796. The van der Waals surface area contributed by atoms with Crippen LogP contribution in [0.3, 0.4) is 0 Å². The van der Waals surface area contributed by atoms with Gasteiger partial charge in [-0.2, -0.15) is 0 Å². The molecule has 19 heavy (non-hydrogen) atoms. The summed E-state index contributed by atoms with van der Waals surface area (Å²) in [7, 11) is 0. The number of carbonyl (C=O) groups is 1. The van der Waals surface area contributed by atoms with Gasteiger partial charge in [-0.25, -0.2) is 0 Å². The molecule has 2 rings (SSSR count). The Morgan fingerprint density at radius 2 is 1.89 bits per heavy atom. The monoisotopic (exact) mass is 266 g/mol. The van der Waals surface area contributed by atoms with Crippen LogP contribution in [0.5, 0.6) is 0 Å². The summed E-state index contributed by atoms with van der Waals surface area (Å²) < 4.78 is 0. The molecule has 1 saturated heterocycles. The molecule has 3 nitrogen and oxygen atoms in total. The summed E-state index contributed by atoms with van der Waals surface area (Å²) in [5.41, 5.74) is 0. The van der Waals surface area contributed by atoms with Gasteiger partial charge in [0.15, 0.2) is 0 Å². The summed E-state index contributed by atoms with van der Waals surface area (Å²) in [6, 6.07) is 0.454. The van der Waals surface area contributed by atoms with E-state index in [0.717, 1.165) is 6.42 Å². The van der Waals surface area contributed by atoms with E-state index in [2.05, 4.69) is 31.0 Å². The van der Waals surface area contributed by atoms with Crippen LogP contribution < -0.4 is 5.32 Å². The van der Waals surface area contributed by atoms with E-state index in [0.29, 0.717) is 23.8 Å². The van der Waals surface area contributed by atoms with Crippen molar-refractivity contribution in [1.29, 1.82) is 0 Å². The first-order chi connectivity index (χ1) is 9.00. The summed E-state index contributed by atoms with van der Waals surface area (Å²) in [6.07, 6.45) is 7.74. The Balaban J connectivity index is 2.14. The number of nitrogens with zero attached hydrogens (tertiary/aromatic N) is 1. The van der Waals surface area contributed by atoms with E-state index in [4.69, 9.17) is 0 Å². The summed E-state index contributed by atoms with van der Waals surface area (Å²) >= 11 is 0. The molecule has 0 aromatic rings. The van der Waals surface area contributed by atoms with Gasteiger partial charge in [0.05, 0.1) is 12.2 Å². The van der Waals surface area contributed by atoms with Gasteiger partial charge in [0.2, 0.25) is 5.91 Å². The molecular weight excluding hydrogens is 236 g/mol. The van der Waals surface area contributed by atoms with Crippen LogP contribution in [0, 0.1) is 11.8 Å². The van der Waals surface area contributed by atoms with Crippen molar-refractivity contribution in [2.24, 2.45) is 11.8 Å². The van der Waals surface area contributed by atoms with Crippen molar-refractivity contribution in [3.05, 3.63) is 0 Å². The van der Waals surface area contributed by atoms with E-state index in [1.165, 1.54) is 32.1 Å².